The van der Waals surface area contributed by atoms with Gasteiger partial charge in [0.25, 0.3) is 5.91 Å². The van der Waals surface area contributed by atoms with E-state index in [-0.39, 0.29) is 5.91 Å². The second kappa shape index (κ2) is 4.73. The highest BCUT2D eigenvalue weighted by Gasteiger charge is 2.06. The van der Waals surface area contributed by atoms with Crippen LogP contribution in [0.15, 0.2) is 35.8 Å². The van der Waals surface area contributed by atoms with E-state index in [0.717, 1.165) is 5.69 Å². The van der Waals surface area contributed by atoms with Crippen LogP contribution in [0.2, 0.25) is 0 Å². The van der Waals surface area contributed by atoms with E-state index in [0.29, 0.717) is 10.7 Å². The third-order valence-electron chi connectivity index (χ3n) is 1.97. The number of benzene rings is 1. The molecule has 0 aliphatic heterocycles. The molecule has 0 spiro atoms. The van der Waals surface area contributed by atoms with Crippen LogP contribution in [0.4, 0.5) is 10.8 Å². The number of thiazole rings is 1. The number of hydrogen-bond acceptors (Lipinski definition) is 5. The van der Waals surface area contributed by atoms with E-state index in [1.165, 1.54) is 11.3 Å². The summed E-state index contributed by atoms with van der Waals surface area (Å²) in [5.41, 5.74) is 3.82. The van der Waals surface area contributed by atoms with Gasteiger partial charge in [-0.2, -0.15) is 0 Å². The molecule has 82 valence electrons. The van der Waals surface area contributed by atoms with Crippen molar-refractivity contribution in [2.75, 3.05) is 10.7 Å². The quantitative estimate of drug-likeness (QED) is 0.557. The van der Waals surface area contributed by atoms with Crippen LogP contribution in [0.25, 0.3) is 0 Å². The summed E-state index contributed by atoms with van der Waals surface area (Å²) in [5.74, 6) is 5.04. The van der Waals surface area contributed by atoms with E-state index in [1.807, 2.05) is 0 Å². The Hall–Kier alpha value is -1.92. The van der Waals surface area contributed by atoms with Crippen LogP contribution >= 0.6 is 11.3 Å². The summed E-state index contributed by atoms with van der Waals surface area (Å²) in [6, 6.07) is 6.85. The molecule has 0 fully saturated rings. The van der Waals surface area contributed by atoms with Crippen molar-refractivity contribution in [2.24, 2.45) is 5.84 Å². The van der Waals surface area contributed by atoms with E-state index in [4.69, 9.17) is 5.84 Å². The maximum atomic E-state index is 11.7. The van der Waals surface area contributed by atoms with Gasteiger partial charge in [-0.3, -0.25) is 16.0 Å². The molecule has 1 aromatic carbocycles. The minimum atomic E-state index is -0.182. The predicted molar refractivity (Wildman–Crippen MR) is 64.3 cm³/mol. The van der Waals surface area contributed by atoms with Crippen molar-refractivity contribution in [3.05, 3.63) is 41.4 Å². The molecule has 0 radical (unpaired) electrons. The number of nitrogens with one attached hydrogen (secondary N) is 2. The standard InChI is InChI=1S/C10H10N4OS/c11-14-8-3-1-7(2-4-8)9(15)13-10-12-5-6-16-10/h1-6,14H,11H2,(H,12,13,15). The number of hydrogen-bond donors (Lipinski definition) is 3. The van der Waals surface area contributed by atoms with Crippen molar-refractivity contribution in [1.29, 1.82) is 0 Å². The van der Waals surface area contributed by atoms with Crippen LogP contribution in [0.5, 0.6) is 0 Å². The Labute approximate surface area is 96.3 Å². The van der Waals surface area contributed by atoms with Crippen molar-refractivity contribution < 1.29 is 4.79 Å². The van der Waals surface area contributed by atoms with Crippen molar-refractivity contribution in [1.82, 2.24) is 4.98 Å². The lowest BCUT2D eigenvalue weighted by molar-refractivity contribution is 0.102. The lowest BCUT2D eigenvalue weighted by Crippen LogP contribution is -2.12. The molecular formula is C10H10N4OS. The van der Waals surface area contributed by atoms with E-state index < -0.39 is 0 Å². The van der Waals surface area contributed by atoms with Crippen molar-refractivity contribution in [3.8, 4) is 0 Å². The van der Waals surface area contributed by atoms with Crippen molar-refractivity contribution in [3.63, 3.8) is 0 Å². The van der Waals surface area contributed by atoms with Gasteiger partial charge in [-0.15, -0.1) is 11.3 Å². The summed E-state index contributed by atoms with van der Waals surface area (Å²) in [6.07, 6.45) is 1.64. The van der Waals surface area contributed by atoms with Crippen LogP contribution in [0.3, 0.4) is 0 Å². The van der Waals surface area contributed by atoms with Gasteiger partial charge >= 0.3 is 0 Å². The fourth-order valence-corrected chi connectivity index (χ4v) is 1.70. The average molecular weight is 234 g/mol. The first-order chi connectivity index (χ1) is 7.79. The topological polar surface area (TPSA) is 80.0 Å². The van der Waals surface area contributed by atoms with E-state index in [9.17, 15) is 4.79 Å². The smallest absolute Gasteiger partial charge is 0.257 e. The number of carbonyl (C=O) groups excluding carboxylic acids is 1. The molecule has 0 saturated heterocycles. The zero-order valence-corrected chi connectivity index (χ0v) is 9.12. The van der Waals surface area contributed by atoms with E-state index in [1.54, 1.807) is 35.8 Å². The highest BCUT2D eigenvalue weighted by molar-refractivity contribution is 7.13. The van der Waals surface area contributed by atoms with Crippen LogP contribution in [-0.4, -0.2) is 10.9 Å². The molecule has 0 aliphatic rings. The number of nitrogen functional groups attached to an aromatic ring is 1. The molecule has 16 heavy (non-hydrogen) atoms. The van der Waals surface area contributed by atoms with Gasteiger partial charge < -0.3 is 5.43 Å². The first-order valence-corrected chi connectivity index (χ1v) is 5.45. The monoisotopic (exact) mass is 234 g/mol. The first-order valence-electron chi connectivity index (χ1n) is 4.57. The lowest BCUT2D eigenvalue weighted by Gasteiger charge is -2.03. The average Bonchev–Trinajstić information content (AvgIpc) is 2.82. The fraction of sp³-hybridized carbons (Fsp3) is 0. The Bertz CT molecular complexity index is 466. The molecule has 0 bridgehead atoms. The summed E-state index contributed by atoms with van der Waals surface area (Å²) >= 11 is 1.38. The summed E-state index contributed by atoms with van der Waals surface area (Å²) < 4.78 is 0. The van der Waals surface area contributed by atoms with Crippen LogP contribution in [-0.2, 0) is 0 Å². The number of anilines is 2. The van der Waals surface area contributed by atoms with Crippen molar-refractivity contribution in [2.45, 2.75) is 0 Å². The molecular weight excluding hydrogens is 224 g/mol. The number of nitrogens with two attached hydrogens (primary N) is 1. The molecule has 5 nitrogen and oxygen atoms in total. The molecule has 0 aliphatic carbocycles. The van der Waals surface area contributed by atoms with Gasteiger partial charge in [0.2, 0.25) is 0 Å². The fourth-order valence-electron chi connectivity index (χ4n) is 1.17. The van der Waals surface area contributed by atoms with Gasteiger partial charge in [-0.05, 0) is 24.3 Å². The Morgan fingerprint density at radius 3 is 2.62 bits per heavy atom. The Morgan fingerprint density at radius 2 is 2.06 bits per heavy atom. The summed E-state index contributed by atoms with van der Waals surface area (Å²) in [5, 5.41) is 5.08. The van der Waals surface area contributed by atoms with Crippen molar-refractivity contribution >= 4 is 28.1 Å². The molecule has 0 atom stereocenters. The first kappa shape index (κ1) is 10.6. The summed E-state index contributed by atoms with van der Waals surface area (Å²) in [6.45, 7) is 0. The summed E-state index contributed by atoms with van der Waals surface area (Å²) in [4.78, 5) is 15.7. The normalized spacial score (nSPS) is 9.81. The van der Waals surface area contributed by atoms with Gasteiger partial charge in [0.1, 0.15) is 0 Å². The third-order valence-corrected chi connectivity index (χ3v) is 2.66. The SMILES string of the molecule is NNc1ccc(C(=O)Nc2nccs2)cc1. The number of hydrazine groups is 1. The number of aromatic nitrogens is 1. The molecule has 0 unspecified atom stereocenters. The van der Waals surface area contributed by atoms with Gasteiger partial charge in [0, 0.05) is 22.8 Å². The van der Waals surface area contributed by atoms with Crippen LogP contribution in [0, 0.1) is 0 Å². The van der Waals surface area contributed by atoms with Gasteiger partial charge in [0.05, 0.1) is 0 Å². The molecule has 2 rings (SSSR count). The molecule has 1 aromatic heterocycles. The minimum absolute atomic E-state index is 0.182. The zero-order valence-electron chi connectivity index (χ0n) is 8.31. The molecule has 4 N–H and O–H groups in total. The Morgan fingerprint density at radius 1 is 1.31 bits per heavy atom. The van der Waals surface area contributed by atoms with E-state index >= 15 is 0 Å². The highest BCUT2D eigenvalue weighted by atomic mass is 32.1. The van der Waals surface area contributed by atoms with Crippen LogP contribution in [0.1, 0.15) is 10.4 Å². The van der Waals surface area contributed by atoms with Gasteiger partial charge in [-0.1, -0.05) is 0 Å². The maximum absolute atomic E-state index is 11.7. The Balaban J connectivity index is 2.09. The predicted octanol–water partition coefficient (Wildman–Crippen LogP) is 1.68. The number of nitrogens with zero attached hydrogens (tertiary/aromatic N) is 1. The summed E-state index contributed by atoms with van der Waals surface area (Å²) in [7, 11) is 0. The lowest BCUT2D eigenvalue weighted by atomic mass is 10.2. The van der Waals surface area contributed by atoms with Gasteiger partial charge in [-0.25, -0.2) is 4.98 Å². The Kier molecular flexibility index (Phi) is 3.13. The van der Waals surface area contributed by atoms with Crippen LogP contribution < -0.4 is 16.6 Å². The number of rotatable bonds is 3. The molecule has 0 saturated carbocycles. The highest BCUT2D eigenvalue weighted by Crippen LogP contribution is 2.13. The number of amides is 1. The minimum Gasteiger partial charge on any atom is -0.324 e. The number of carbonyl (C=O) groups is 1. The second-order valence-electron chi connectivity index (χ2n) is 3.01. The molecule has 1 heterocycles. The molecule has 1 amide bonds. The van der Waals surface area contributed by atoms with Gasteiger partial charge in [0.15, 0.2) is 5.13 Å². The molecule has 2 aromatic rings. The largest absolute Gasteiger partial charge is 0.324 e. The molecule has 6 heteroatoms. The second-order valence-corrected chi connectivity index (χ2v) is 3.91. The maximum Gasteiger partial charge on any atom is 0.257 e. The third kappa shape index (κ3) is 2.36. The zero-order chi connectivity index (χ0) is 11.4. The van der Waals surface area contributed by atoms with E-state index in [2.05, 4.69) is 15.7 Å².